The molecule has 0 saturated carbocycles. The van der Waals surface area contributed by atoms with E-state index in [1.54, 1.807) is 18.8 Å². The molecule has 150 valence electrons. The summed E-state index contributed by atoms with van der Waals surface area (Å²) < 4.78 is 7.01. The Morgan fingerprint density at radius 1 is 1.07 bits per heavy atom. The number of rotatable bonds is 8. The van der Waals surface area contributed by atoms with Crippen LogP contribution in [0.1, 0.15) is 18.4 Å². The minimum atomic E-state index is -0.984. The average Bonchev–Trinajstić information content (AvgIpc) is 3.16. The number of nitrogens with zero attached hydrogens (tertiary/aromatic N) is 3. The van der Waals surface area contributed by atoms with Crippen molar-refractivity contribution >= 4 is 11.9 Å². The van der Waals surface area contributed by atoms with Gasteiger partial charge in [-0.3, -0.25) is 9.59 Å². The Kier molecular flexibility index (Phi) is 6.29. The highest BCUT2D eigenvalue weighted by Gasteiger charge is 2.17. The normalized spacial score (nSPS) is 10.6. The van der Waals surface area contributed by atoms with Gasteiger partial charge in [0.1, 0.15) is 5.75 Å². The molecule has 1 amide bonds. The van der Waals surface area contributed by atoms with Crippen molar-refractivity contribution in [1.82, 2.24) is 14.7 Å². The maximum atomic E-state index is 12.3. The van der Waals surface area contributed by atoms with Crippen molar-refractivity contribution < 1.29 is 19.4 Å². The minimum absolute atomic E-state index is 0.0312. The van der Waals surface area contributed by atoms with Crippen LogP contribution in [-0.4, -0.2) is 45.8 Å². The van der Waals surface area contributed by atoms with Gasteiger partial charge in [0.15, 0.2) is 0 Å². The highest BCUT2D eigenvalue weighted by Crippen LogP contribution is 2.26. The number of aromatic nitrogens is 2. The lowest BCUT2D eigenvalue weighted by Crippen LogP contribution is -2.26. The fourth-order valence-electron chi connectivity index (χ4n) is 2.98. The number of carbonyl (C=O) groups excluding carboxylic acids is 1. The van der Waals surface area contributed by atoms with Crippen molar-refractivity contribution in [3.63, 3.8) is 0 Å². The molecule has 0 bridgehead atoms. The number of methoxy groups -OCH3 is 1. The summed E-state index contributed by atoms with van der Waals surface area (Å²) in [4.78, 5) is 24.6. The van der Waals surface area contributed by atoms with E-state index in [4.69, 9.17) is 14.9 Å². The van der Waals surface area contributed by atoms with Crippen LogP contribution in [0.25, 0.3) is 16.9 Å². The maximum Gasteiger partial charge on any atom is 0.303 e. The van der Waals surface area contributed by atoms with Crippen molar-refractivity contribution in [3.05, 3.63) is 66.4 Å². The monoisotopic (exact) mass is 393 g/mol. The zero-order valence-electron chi connectivity index (χ0n) is 16.4. The molecule has 7 nitrogen and oxygen atoms in total. The molecule has 1 heterocycles. The van der Waals surface area contributed by atoms with Crippen LogP contribution >= 0.6 is 0 Å². The number of carboxylic acids is 1. The fraction of sp³-hybridized carbons (Fsp3) is 0.227. The molecule has 2 aromatic carbocycles. The number of carbonyl (C=O) groups is 2. The van der Waals surface area contributed by atoms with E-state index in [9.17, 15) is 9.59 Å². The third-order valence-corrected chi connectivity index (χ3v) is 4.56. The zero-order chi connectivity index (χ0) is 20.8. The maximum absolute atomic E-state index is 12.3. The lowest BCUT2D eigenvalue weighted by Gasteiger charge is -2.16. The Morgan fingerprint density at radius 3 is 2.38 bits per heavy atom. The Morgan fingerprint density at radius 2 is 1.76 bits per heavy atom. The third kappa shape index (κ3) is 5.01. The van der Waals surface area contributed by atoms with Gasteiger partial charge >= 0.3 is 5.97 Å². The number of carboxylic acid groups (broad SMARTS) is 1. The largest absolute Gasteiger partial charge is 0.497 e. The molecule has 0 fully saturated rings. The van der Waals surface area contributed by atoms with E-state index in [2.05, 4.69) is 0 Å². The van der Waals surface area contributed by atoms with Crippen LogP contribution in [0.4, 0.5) is 0 Å². The molecule has 0 spiro atoms. The van der Waals surface area contributed by atoms with Crippen molar-refractivity contribution in [1.29, 1.82) is 0 Å². The number of amides is 1. The van der Waals surface area contributed by atoms with Gasteiger partial charge in [-0.05, 0) is 36.4 Å². The number of aliphatic carboxylic acids is 1. The zero-order valence-corrected chi connectivity index (χ0v) is 16.4. The first-order valence-corrected chi connectivity index (χ1v) is 9.22. The molecule has 0 aliphatic heterocycles. The number of ether oxygens (including phenoxy) is 1. The van der Waals surface area contributed by atoms with Gasteiger partial charge in [-0.25, -0.2) is 4.68 Å². The molecule has 29 heavy (non-hydrogen) atoms. The second kappa shape index (κ2) is 9.05. The first-order chi connectivity index (χ1) is 14.0. The summed E-state index contributed by atoms with van der Waals surface area (Å²) in [5.41, 5.74) is 3.44. The molecule has 0 aliphatic rings. The minimum Gasteiger partial charge on any atom is -0.497 e. The van der Waals surface area contributed by atoms with E-state index in [-0.39, 0.29) is 18.7 Å². The first-order valence-electron chi connectivity index (χ1n) is 9.22. The standard InChI is InChI=1S/C22H23N3O4/c1-24(20(26)12-13-21(27)28)14-17-15-25(18-6-4-3-5-7-18)23-22(17)16-8-10-19(29-2)11-9-16/h3-11,15H,12-14H2,1-2H3,(H,27,28). The second-order valence-corrected chi connectivity index (χ2v) is 6.66. The van der Waals surface area contributed by atoms with Crippen LogP contribution in [-0.2, 0) is 16.1 Å². The molecule has 0 unspecified atom stereocenters. The smallest absolute Gasteiger partial charge is 0.303 e. The summed E-state index contributed by atoms with van der Waals surface area (Å²) in [5.74, 6) is -0.457. The quantitative estimate of drug-likeness (QED) is 0.634. The van der Waals surface area contributed by atoms with Crippen LogP contribution in [0.5, 0.6) is 5.75 Å². The molecule has 1 aromatic heterocycles. The predicted molar refractivity (Wildman–Crippen MR) is 109 cm³/mol. The summed E-state index contributed by atoms with van der Waals surface area (Å²) in [6.07, 6.45) is 1.68. The SMILES string of the molecule is COc1ccc(-c2nn(-c3ccccc3)cc2CN(C)C(=O)CCC(=O)O)cc1. The highest BCUT2D eigenvalue weighted by molar-refractivity contribution is 5.80. The number of hydrogen-bond acceptors (Lipinski definition) is 4. The number of benzene rings is 2. The van der Waals surface area contributed by atoms with Gasteiger partial charge in [-0.2, -0.15) is 5.10 Å². The summed E-state index contributed by atoms with van der Waals surface area (Å²) in [5, 5.41) is 13.5. The predicted octanol–water partition coefficient (Wildman–Crippen LogP) is 3.37. The van der Waals surface area contributed by atoms with Gasteiger partial charge in [0.25, 0.3) is 0 Å². The molecular formula is C22H23N3O4. The van der Waals surface area contributed by atoms with Crippen LogP contribution in [0, 0.1) is 0 Å². The molecule has 0 aliphatic carbocycles. The first kappa shape index (κ1) is 20.1. The van der Waals surface area contributed by atoms with Crippen LogP contribution in [0.2, 0.25) is 0 Å². The summed E-state index contributed by atoms with van der Waals surface area (Å²) >= 11 is 0. The Labute approximate surface area is 169 Å². The molecule has 3 rings (SSSR count). The second-order valence-electron chi connectivity index (χ2n) is 6.66. The van der Waals surface area contributed by atoms with Crippen LogP contribution in [0.15, 0.2) is 60.8 Å². The fourth-order valence-corrected chi connectivity index (χ4v) is 2.98. The van der Waals surface area contributed by atoms with Crippen molar-refractivity contribution in [2.45, 2.75) is 19.4 Å². The van der Waals surface area contributed by atoms with Crippen molar-refractivity contribution in [2.75, 3.05) is 14.2 Å². The Balaban J connectivity index is 1.92. The van der Waals surface area contributed by atoms with E-state index < -0.39 is 5.97 Å². The van der Waals surface area contributed by atoms with E-state index in [0.29, 0.717) is 6.54 Å². The lowest BCUT2D eigenvalue weighted by atomic mass is 10.1. The molecule has 0 atom stereocenters. The van der Waals surface area contributed by atoms with Gasteiger partial charge in [-0.1, -0.05) is 18.2 Å². The van der Waals surface area contributed by atoms with Crippen molar-refractivity contribution in [3.8, 4) is 22.7 Å². The Bertz CT molecular complexity index is 981. The van der Waals surface area contributed by atoms with E-state index >= 15 is 0 Å². The molecule has 0 radical (unpaired) electrons. The number of hydrogen-bond donors (Lipinski definition) is 1. The van der Waals surface area contributed by atoms with Gasteiger partial charge in [-0.15, -0.1) is 0 Å². The molecular weight excluding hydrogens is 370 g/mol. The van der Waals surface area contributed by atoms with Crippen molar-refractivity contribution in [2.24, 2.45) is 0 Å². The van der Waals surface area contributed by atoms with Gasteiger partial charge in [0.05, 0.1) is 24.9 Å². The van der Waals surface area contributed by atoms with E-state index in [0.717, 1.165) is 28.3 Å². The van der Waals surface area contributed by atoms with Gasteiger partial charge in [0, 0.05) is 37.3 Å². The summed E-state index contributed by atoms with van der Waals surface area (Å²) in [7, 11) is 3.28. The van der Waals surface area contributed by atoms with Gasteiger partial charge in [0.2, 0.25) is 5.91 Å². The van der Waals surface area contributed by atoms with E-state index in [1.807, 2.05) is 60.8 Å². The van der Waals surface area contributed by atoms with Gasteiger partial charge < -0.3 is 14.7 Å². The van der Waals surface area contributed by atoms with E-state index in [1.165, 1.54) is 4.90 Å². The van der Waals surface area contributed by atoms with Crippen LogP contribution < -0.4 is 4.74 Å². The summed E-state index contributed by atoms with van der Waals surface area (Å²) in [6, 6.07) is 17.3. The molecule has 3 aromatic rings. The van der Waals surface area contributed by atoms with Crippen LogP contribution in [0.3, 0.4) is 0 Å². The average molecular weight is 393 g/mol. The molecule has 0 saturated heterocycles. The molecule has 1 N–H and O–H groups in total. The Hall–Kier alpha value is -3.61. The lowest BCUT2D eigenvalue weighted by molar-refractivity contribution is -0.140. The third-order valence-electron chi connectivity index (χ3n) is 4.56. The summed E-state index contributed by atoms with van der Waals surface area (Å²) in [6.45, 7) is 0.326. The highest BCUT2D eigenvalue weighted by atomic mass is 16.5. The number of para-hydroxylation sites is 1. The topological polar surface area (TPSA) is 84.7 Å². The molecule has 7 heteroatoms.